The predicted molar refractivity (Wildman–Crippen MR) is 123 cm³/mol. The number of hydrogen-bond acceptors (Lipinski definition) is 3. The molecule has 1 aliphatic carbocycles. The summed E-state index contributed by atoms with van der Waals surface area (Å²) >= 11 is 0. The predicted octanol–water partition coefficient (Wildman–Crippen LogP) is 7.47. The third kappa shape index (κ3) is 4.76. The summed E-state index contributed by atoms with van der Waals surface area (Å²) < 4.78 is 12.4. The van der Waals surface area contributed by atoms with Crippen molar-refractivity contribution in [3.8, 4) is 11.5 Å². The molecule has 0 radical (unpaired) electrons. The second-order valence-electron chi connectivity index (χ2n) is 10.6. The van der Waals surface area contributed by atoms with Crippen LogP contribution in [0, 0.1) is 5.92 Å². The Labute approximate surface area is 183 Å². The average molecular weight is 413 g/mol. The molecule has 1 heterocycles. The van der Waals surface area contributed by atoms with E-state index in [4.69, 9.17) is 9.47 Å². The lowest BCUT2D eigenvalue weighted by molar-refractivity contribution is -0.132. The molecule has 2 atom stereocenters. The molecule has 0 saturated carbocycles. The van der Waals surface area contributed by atoms with Gasteiger partial charge >= 0.3 is 5.97 Å². The highest BCUT2D eigenvalue weighted by atomic mass is 16.5. The summed E-state index contributed by atoms with van der Waals surface area (Å²) in [6, 6.07) is 4.33. The van der Waals surface area contributed by atoms with Crippen LogP contribution in [0.5, 0.6) is 11.5 Å². The summed E-state index contributed by atoms with van der Waals surface area (Å²) in [5.41, 5.74) is 3.42. The van der Waals surface area contributed by atoms with Crippen LogP contribution in [0.1, 0.15) is 110 Å². The number of carbonyl (C=O) groups excluding carboxylic acids is 1. The largest absolute Gasteiger partial charge is 0.487 e. The van der Waals surface area contributed by atoms with Crippen LogP contribution >= 0.6 is 0 Å². The Bertz CT molecular complexity index is 816. The minimum Gasteiger partial charge on any atom is -0.487 e. The van der Waals surface area contributed by atoms with Gasteiger partial charge in [-0.1, -0.05) is 58.1 Å². The molecule has 3 rings (SSSR count). The normalized spacial score (nSPS) is 22.4. The van der Waals surface area contributed by atoms with Gasteiger partial charge in [-0.05, 0) is 63.1 Å². The van der Waals surface area contributed by atoms with E-state index in [1.165, 1.54) is 43.7 Å². The van der Waals surface area contributed by atoms with Gasteiger partial charge in [-0.25, -0.2) is 0 Å². The number of carbonyl (C=O) groups is 1. The molecule has 0 unspecified atom stereocenters. The topological polar surface area (TPSA) is 35.5 Å². The molecule has 0 aromatic heterocycles. The van der Waals surface area contributed by atoms with Gasteiger partial charge in [-0.3, -0.25) is 4.79 Å². The average Bonchev–Trinajstić information content (AvgIpc) is 2.63. The fraction of sp³-hybridized carbons (Fsp3) is 0.667. The summed E-state index contributed by atoms with van der Waals surface area (Å²) in [5.74, 6) is 1.92. The number of fused-ring (bicyclic) bond motifs is 3. The molecule has 0 saturated heterocycles. The van der Waals surface area contributed by atoms with E-state index in [9.17, 15) is 4.79 Å². The Kier molecular flexibility index (Phi) is 6.69. The molecule has 2 aliphatic rings. The van der Waals surface area contributed by atoms with Crippen LogP contribution in [0.15, 0.2) is 23.8 Å². The first-order chi connectivity index (χ1) is 14.0. The summed E-state index contributed by atoms with van der Waals surface area (Å²) in [6.45, 7) is 14.9. The minimum atomic E-state index is -0.270. The molecule has 30 heavy (non-hydrogen) atoms. The molecule has 3 nitrogen and oxygen atoms in total. The van der Waals surface area contributed by atoms with E-state index in [1.54, 1.807) is 0 Å². The molecule has 166 valence electrons. The van der Waals surface area contributed by atoms with Crippen LogP contribution < -0.4 is 9.47 Å². The van der Waals surface area contributed by atoms with Crippen molar-refractivity contribution >= 4 is 5.97 Å². The Morgan fingerprint density at radius 1 is 1.23 bits per heavy atom. The second-order valence-corrected chi connectivity index (χ2v) is 10.6. The molecule has 3 heteroatoms. The first-order valence-corrected chi connectivity index (χ1v) is 11.8. The number of ether oxygens (including phenoxy) is 2. The summed E-state index contributed by atoms with van der Waals surface area (Å²) in [4.78, 5) is 12.0. The Morgan fingerprint density at radius 2 is 1.97 bits per heavy atom. The van der Waals surface area contributed by atoms with Crippen molar-refractivity contribution in [3.05, 3.63) is 34.9 Å². The molecule has 0 bridgehead atoms. The van der Waals surface area contributed by atoms with Crippen molar-refractivity contribution in [2.24, 2.45) is 5.92 Å². The zero-order valence-electron chi connectivity index (χ0n) is 20.1. The number of allylic oxidation sites excluding steroid dienone is 2. The molecule has 1 aromatic rings. The van der Waals surface area contributed by atoms with E-state index in [0.29, 0.717) is 11.7 Å². The van der Waals surface area contributed by atoms with Crippen LogP contribution in [0.3, 0.4) is 0 Å². The van der Waals surface area contributed by atoms with Crippen molar-refractivity contribution in [2.45, 2.75) is 110 Å². The molecule has 0 amide bonds. The Morgan fingerprint density at radius 3 is 2.63 bits per heavy atom. The molecule has 1 aromatic carbocycles. The third-order valence-corrected chi connectivity index (χ3v) is 7.14. The summed E-state index contributed by atoms with van der Waals surface area (Å²) in [5, 5.41) is 0. The first kappa shape index (κ1) is 22.9. The smallest absolute Gasteiger partial charge is 0.308 e. The monoisotopic (exact) mass is 412 g/mol. The number of hydrogen-bond donors (Lipinski definition) is 0. The van der Waals surface area contributed by atoms with E-state index in [1.807, 2.05) is 0 Å². The van der Waals surface area contributed by atoms with Crippen LogP contribution in [-0.4, -0.2) is 11.6 Å². The summed E-state index contributed by atoms with van der Waals surface area (Å²) in [6.07, 6.45) is 10.7. The van der Waals surface area contributed by atoms with E-state index in [0.717, 1.165) is 30.6 Å². The molecule has 0 spiro atoms. The SMILES string of the molecule is CCCCCCC(C)(C)c1cc(OC(C)=O)c2c(c1)OC(C)(C)[C@@H]1CCC(C)=C[C@@H]21. The van der Waals surface area contributed by atoms with E-state index < -0.39 is 0 Å². The maximum atomic E-state index is 12.0. The standard InChI is InChI=1S/C27H40O3/c1-8-9-10-11-14-26(4,5)20-16-23(29-19(3)28)25-21-15-18(2)12-13-22(21)27(6,7)30-24(25)17-20/h15-17,21-22H,8-14H2,1-7H3/t21-,22-/m1/s1. The number of esters is 1. The van der Waals surface area contributed by atoms with Gasteiger partial charge < -0.3 is 9.47 Å². The molecular formula is C27H40O3. The molecule has 0 N–H and O–H groups in total. The highest BCUT2D eigenvalue weighted by Crippen LogP contribution is 2.54. The van der Waals surface area contributed by atoms with Crippen LogP contribution in [0.4, 0.5) is 0 Å². The zero-order valence-corrected chi connectivity index (χ0v) is 20.1. The number of benzene rings is 1. The van der Waals surface area contributed by atoms with Crippen molar-refractivity contribution < 1.29 is 14.3 Å². The zero-order chi connectivity index (χ0) is 22.1. The van der Waals surface area contributed by atoms with Gasteiger partial charge in [0.25, 0.3) is 0 Å². The van der Waals surface area contributed by atoms with E-state index in [-0.39, 0.29) is 22.9 Å². The van der Waals surface area contributed by atoms with Gasteiger partial charge in [0.05, 0.1) is 0 Å². The number of rotatable bonds is 7. The maximum absolute atomic E-state index is 12.0. The van der Waals surface area contributed by atoms with Crippen LogP contribution in [-0.2, 0) is 10.2 Å². The van der Waals surface area contributed by atoms with Crippen LogP contribution in [0.25, 0.3) is 0 Å². The van der Waals surface area contributed by atoms with Gasteiger partial charge in [0.2, 0.25) is 0 Å². The van der Waals surface area contributed by atoms with Crippen molar-refractivity contribution in [1.82, 2.24) is 0 Å². The highest BCUT2D eigenvalue weighted by Gasteiger charge is 2.46. The van der Waals surface area contributed by atoms with Gasteiger partial charge in [0, 0.05) is 24.3 Å². The Balaban J connectivity index is 2.06. The lowest BCUT2D eigenvalue weighted by Crippen LogP contribution is -2.45. The lowest BCUT2D eigenvalue weighted by Gasteiger charge is -2.47. The van der Waals surface area contributed by atoms with Gasteiger partial charge in [0.15, 0.2) is 0 Å². The number of unbranched alkanes of at least 4 members (excludes halogenated alkanes) is 3. The lowest BCUT2D eigenvalue weighted by atomic mass is 9.67. The molecule has 0 fully saturated rings. The Hall–Kier alpha value is -1.77. The second kappa shape index (κ2) is 8.77. The fourth-order valence-electron chi connectivity index (χ4n) is 5.27. The van der Waals surface area contributed by atoms with Crippen LogP contribution in [0.2, 0.25) is 0 Å². The van der Waals surface area contributed by atoms with Gasteiger partial charge in [-0.15, -0.1) is 0 Å². The van der Waals surface area contributed by atoms with Gasteiger partial charge in [0.1, 0.15) is 17.1 Å². The maximum Gasteiger partial charge on any atom is 0.308 e. The van der Waals surface area contributed by atoms with Crippen molar-refractivity contribution in [1.29, 1.82) is 0 Å². The fourth-order valence-corrected chi connectivity index (χ4v) is 5.27. The molecule has 1 aliphatic heterocycles. The first-order valence-electron chi connectivity index (χ1n) is 11.8. The quantitative estimate of drug-likeness (QED) is 0.202. The third-order valence-electron chi connectivity index (χ3n) is 7.14. The van der Waals surface area contributed by atoms with E-state index in [2.05, 4.69) is 59.8 Å². The van der Waals surface area contributed by atoms with Gasteiger partial charge in [-0.2, -0.15) is 0 Å². The van der Waals surface area contributed by atoms with Crippen molar-refractivity contribution in [2.75, 3.05) is 0 Å². The highest BCUT2D eigenvalue weighted by molar-refractivity contribution is 5.71. The molecular weight excluding hydrogens is 372 g/mol. The van der Waals surface area contributed by atoms with Crippen molar-refractivity contribution in [3.63, 3.8) is 0 Å². The van der Waals surface area contributed by atoms with E-state index >= 15 is 0 Å². The minimum absolute atomic E-state index is 0.000340. The summed E-state index contributed by atoms with van der Waals surface area (Å²) in [7, 11) is 0.